The SMILES string of the molecule is CC[C@H](C)NC(=O)[C@@H]1C[C@@H](C)N(C(=O)/C=C/c2cccc(F)c2)c2ccccc21. The van der Waals surface area contributed by atoms with Crippen LogP contribution in [0.1, 0.15) is 50.7 Å². The summed E-state index contributed by atoms with van der Waals surface area (Å²) in [5, 5.41) is 3.06. The van der Waals surface area contributed by atoms with Gasteiger partial charge in [-0.2, -0.15) is 0 Å². The Morgan fingerprint density at radius 1 is 1.24 bits per heavy atom. The molecule has 3 rings (SSSR count). The van der Waals surface area contributed by atoms with E-state index in [2.05, 4.69) is 5.32 Å². The normalized spacial score (nSPS) is 19.7. The zero-order valence-corrected chi connectivity index (χ0v) is 17.1. The first-order valence-electron chi connectivity index (χ1n) is 10.1. The van der Waals surface area contributed by atoms with Crippen molar-refractivity contribution in [2.45, 2.75) is 51.6 Å². The molecule has 0 aliphatic carbocycles. The lowest BCUT2D eigenvalue weighted by Crippen LogP contribution is -2.46. The van der Waals surface area contributed by atoms with Gasteiger partial charge in [-0.25, -0.2) is 4.39 Å². The van der Waals surface area contributed by atoms with Crippen LogP contribution in [0.25, 0.3) is 6.08 Å². The number of fused-ring (bicyclic) bond motifs is 1. The first kappa shape index (κ1) is 20.8. The third-order valence-electron chi connectivity index (χ3n) is 5.41. The number of para-hydroxylation sites is 1. The molecule has 5 heteroatoms. The molecule has 0 saturated heterocycles. The minimum Gasteiger partial charge on any atom is -0.353 e. The van der Waals surface area contributed by atoms with Crippen LogP contribution in [0.4, 0.5) is 10.1 Å². The highest BCUT2D eigenvalue weighted by Crippen LogP contribution is 2.38. The number of benzene rings is 2. The van der Waals surface area contributed by atoms with Gasteiger partial charge in [-0.15, -0.1) is 0 Å². The number of carbonyl (C=O) groups is 2. The second-order valence-electron chi connectivity index (χ2n) is 7.61. The number of nitrogens with zero attached hydrogens (tertiary/aromatic N) is 1. The second-order valence-corrected chi connectivity index (χ2v) is 7.61. The largest absolute Gasteiger partial charge is 0.353 e. The molecule has 0 saturated carbocycles. The van der Waals surface area contributed by atoms with Crippen molar-refractivity contribution in [3.05, 3.63) is 71.6 Å². The van der Waals surface area contributed by atoms with Crippen molar-refractivity contribution in [2.24, 2.45) is 0 Å². The summed E-state index contributed by atoms with van der Waals surface area (Å²) in [7, 11) is 0. The molecule has 0 bridgehead atoms. The van der Waals surface area contributed by atoms with Crippen molar-refractivity contribution in [3.8, 4) is 0 Å². The fraction of sp³-hybridized carbons (Fsp3) is 0.333. The summed E-state index contributed by atoms with van der Waals surface area (Å²) in [6, 6.07) is 13.6. The summed E-state index contributed by atoms with van der Waals surface area (Å²) in [6.07, 6.45) is 4.49. The first-order chi connectivity index (χ1) is 13.9. The molecule has 1 aliphatic heterocycles. The zero-order chi connectivity index (χ0) is 21.0. The van der Waals surface area contributed by atoms with Gasteiger partial charge in [-0.3, -0.25) is 9.59 Å². The number of anilines is 1. The topological polar surface area (TPSA) is 49.4 Å². The summed E-state index contributed by atoms with van der Waals surface area (Å²) in [4.78, 5) is 27.5. The molecule has 2 amide bonds. The van der Waals surface area contributed by atoms with E-state index in [1.807, 2.05) is 45.0 Å². The lowest BCUT2D eigenvalue weighted by molar-refractivity contribution is -0.124. The van der Waals surface area contributed by atoms with E-state index in [0.29, 0.717) is 12.0 Å². The van der Waals surface area contributed by atoms with Gasteiger partial charge in [-0.05, 0) is 62.1 Å². The van der Waals surface area contributed by atoms with Crippen LogP contribution in [0.15, 0.2) is 54.6 Å². The van der Waals surface area contributed by atoms with Crippen molar-refractivity contribution in [1.82, 2.24) is 5.32 Å². The third-order valence-corrected chi connectivity index (χ3v) is 5.41. The average molecular weight is 394 g/mol. The maximum atomic E-state index is 13.4. The molecule has 29 heavy (non-hydrogen) atoms. The van der Waals surface area contributed by atoms with E-state index in [9.17, 15) is 14.0 Å². The fourth-order valence-electron chi connectivity index (χ4n) is 3.70. The van der Waals surface area contributed by atoms with Crippen LogP contribution < -0.4 is 10.2 Å². The number of nitrogens with one attached hydrogen (secondary N) is 1. The molecule has 0 unspecified atom stereocenters. The Kier molecular flexibility index (Phi) is 6.47. The summed E-state index contributed by atoms with van der Waals surface area (Å²) in [5.74, 6) is -0.811. The molecule has 1 N–H and O–H groups in total. The Labute approximate surface area is 171 Å². The first-order valence-corrected chi connectivity index (χ1v) is 10.1. The molecular formula is C24H27FN2O2. The van der Waals surface area contributed by atoms with Crippen molar-refractivity contribution < 1.29 is 14.0 Å². The smallest absolute Gasteiger partial charge is 0.251 e. The molecule has 152 valence electrons. The summed E-state index contributed by atoms with van der Waals surface area (Å²) in [6.45, 7) is 5.98. The highest BCUT2D eigenvalue weighted by atomic mass is 19.1. The van der Waals surface area contributed by atoms with Crippen molar-refractivity contribution >= 4 is 23.6 Å². The molecule has 2 aromatic rings. The van der Waals surface area contributed by atoms with Crippen LogP contribution in [-0.2, 0) is 9.59 Å². The van der Waals surface area contributed by atoms with E-state index in [4.69, 9.17) is 0 Å². The van der Waals surface area contributed by atoms with E-state index in [-0.39, 0.29) is 35.6 Å². The summed E-state index contributed by atoms with van der Waals surface area (Å²) in [5.41, 5.74) is 2.24. The number of hydrogen-bond donors (Lipinski definition) is 1. The molecule has 4 nitrogen and oxygen atoms in total. The number of carbonyl (C=O) groups excluding carboxylic acids is 2. The number of amides is 2. The molecule has 0 radical (unpaired) electrons. The van der Waals surface area contributed by atoms with Crippen molar-refractivity contribution in [2.75, 3.05) is 4.90 Å². The molecule has 1 aliphatic rings. The second kappa shape index (κ2) is 9.03. The van der Waals surface area contributed by atoms with Gasteiger partial charge in [-0.1, -0.05) is 37.3 Å². The van der Waals surface area contributed by atoms with Crippen LogP contribution >= 0.6 is 0 Å². The minimum absolute atomic E-state index is 0.000974. The number of hydrogen-bond acceptors (Lipinski definition) is 2. The van der Waals surface area contributed by atoms with Gasteiger partial charge >= 0.3 is 0 Å². The molecule has 0 spiro atoms. The molecule has 2 aromatic carbocycles. The Balaban J connectivity index is 1.87. The number of rotatable bonds is 5. The Morgan fingerprint density at radius 2 is 2.00 bits per heavy atom. The van der Waals surface area contributed by atoms with Gasteiger partial charge in [0.2, 0.25) is 5.91 Å². The third kappa shape index (κ3) is 4.73. The lowest BCUT2D eigenvalue weighted by Gasteiger charge is -2.38. The quantitative estimate of drug-likeness (QED) is 0.750. The molecule has 1 heterocycles. The van der Waals surface area contributed by atoms with E-state index in [1.165, 1.54) is 18.2 Å². The Hall–Kier alpha value is -2.95. The van der Waals surface area contributed by atoms with E-state index >= 15 is 0 Å². The molecular weight excluding hydrogens is 367 g/mol. The molecule has 0 fully saturated rings. The maximum Gasteiger partial charge on any atom is 0.251 e. The molecule has 0 aromatic heterocycles. The minimum atomic E-state index is -0.341. The number of halogens is 1. The lowest BCUT2D eigenvalue weighted by atomic mass is 9.85. The van der Waals surface area contributed by atoms with Crippen molar-refractivity contribution in [3.63, 3.8) is 0 Å². The monoisotopic (exact) mass is 394 g/mol. The summed E-state index contributed by atoms with van der Waals surface area (Å²) >= 11 is 0. The van der Waals surface area contributed by atoms with Gasteiger partial charge in [0.15, 0.2) is 0 Å². The van der Waals surface area contributed by atoms with Crippen molar-refractivity contribution in [1.29, 1.82) is 0 Å². The van der Waals surface area contributed by atoms with Crippen LogP contribution in [-0.4, -0.2) is 23.9 Å². The van der Waals surface area contributed by atoms with E-state index < -0.39 is 0 Å². The van der Waals surface area contributed by atoms with Gasteiger partial charge in [0.05, 0.1) is 5.92 Å². The Bertz CT molecular complexity index is 925. The standard InChI is InChI=1S/C24H27FN2O2/c1-4-16(2)26-24(29)21-14-17(3)27(22-11-6-5-10-20(21)22)23(28)13-12-18-8-7-9-19(25)15-18/h5-13,15-17,21H,4,14H2,1-3H3,(H,26,29)/b13-12+/t16-,17+,21+/m0/s1. The molecule has 3 atom stereocenters. The predicted octanol–water partition coefficient (Wildman–Crippen LogP) is 4.66. The Morgan fingerprint density at radius 3 is 2.72 bits per heavy atom. The van der Waals surface area contributed by atoms with E-state index in [0.717, 1.165) is 17.7 Å². The van der Waals surface area contributed by atoms with Crippen LogP contribution in [0.5, 0.6) is 0 Å². The zero-order valence-electron chi connectivity index (χ0n) is 17.1. The highest BCUT2D eigenvalue weighted by Gasteiger charge is 2.36. The van der Waals surface area contributed by atoms with E-state index in [1.54, 1.807) is 23.1 Å². The van der Waals surface area contributed by atoms with Gasteiger partial charge in [0, 0.05) is 23.8 Å². The average Bonchev–Trinajstić information content (AvgIpc) is 2.71. The van der Waals surface area contributed by atoms with Gasteiger partial charge in [0.25, 0.3) is 5.91 Å². The van der Waals surface area contributed by atoms with Crippen LogP contribution in [0.2, 0.25) is 0 Å². The van der Waals surface area contributed by atoms with Gasteiger partial charge < -0.3 is 10.2 Å². The van der Waals surface area contributed by atoms with Crippen LogP contribution in [0.3, 0.4) is 0 Å². The van der Waals surface area contributed by atoms with Crippen LogP contribution in [0, 0.1) is 5.82 Å². The van der Waals surface area contributed by atoms with Gasteiger partial charge in [0.1, 0.15) is 5.82 Å². The fourth-order valence-corrected chi connectivity index (χ4v) is 3.70. The maximum absolute atomic E-state index is 13.4. The predicted molar refractivity (Wildman–Crippen MR) is 114 cm³/mol. The highest BCUT2D eigenvalue weighted by molar-refractivity contribution is 6.06. The summed E-state index contributed by atoms with van der Waals surface area (Å²) < 4.78 is 13.4.